The van der Waals surface area contributed by atoms with Crippen LogP contribution in [0.2, 0.25) is 5.02 Å². The second kappa shape index (κ2) is 27.1. The lowest BCUT2D eigenvalue weighted by Crippen LogP contribution is -2.48. The van der Waals surface area contributed by atoms with E-state index in [4.69, 9.17) is 64.9 Å². The number of anilines is 4. The van der Waals surface area contributed by atoms with Gasteiger partial charge >= 0.3 is 0 Å². The van der Waals surface area contributed by atoms with Crippen LogP contribution in [-0.4, -0.2) is 198 Å². The summed E-state index contributed by atoms with van der Waals surface area (Å²) in [4.78, 5) is 60.4. The number of phenolic OH excluding ortho intramolecular Hbond substituents is 1. The highest BCUT2D eigenvalue weighted by Crippen LogP contribution is 2.43. The summed E-state index contributed by atoms with van der Waals surface area (Å²) >= 11 is 6.92. The number of ether oxygens (including phenoxy) is 6. The van der Waals surface area contributed by atoms with Gasteiger partial charge in [-0.3, -0.25) is 9.59 Å². The number of pyridine rings is 1. The highest BCUT2D eigenvalue weighted by Gasteiger charge is 2.30. The average molecular weight is 1140 g/mol. The van der Waals surface area contributed by atoms with Crippen LogP contribution < -0.4 is 24.9 Å². The minimum absolute atomic E-state index is 0.0207. The molecular formula is C60H69ClFN11O9. The molecule has 0 saturated carbocycles. The van der Waals surface area contributed by atoms with Crippen molar-refractivity contribution in [2.24, 2.45) is 0 Å². The lowest BCUT2D eigenvalue weighted by atomic mass is 9.96. The van der Waals surface area contributed by atoms with Crippen LogP contribution in [0, 0.1) is 5.82 Å². The first-order valence-corrected chi connectivity index (χ1v) is 28.2. The van der Waals surface area contributed by atoms with Crippen molar-refractivity contribution < 1.29 is 47.5 Å². The van der Waals surface area contributed by atoms with Gasteiger partial charge in [0.1, 0.15) is 22.9 Å². The van der Waals surface area contributed by atoms with Crippen LogP contribution in [0.4, 0.5) is 27.9 Å². The molecule has 0 spiro atoms. The molecule has 4 aromatic carbocycles. The maximum Gasteiger partial charge on any atom is 0.251 e. The molecule has 2 N–H and O–H groups in total. The van der Waals surface area contributed by atoms with Crippen molar-refractivity contribution in [2.45, 2.75) is 25.9 Å². The molecule has 3 aliphatic heterocycles. The van der Waals surface area contributed by atoms with Crippen molar-refractivity contribution in [2.75, 3.05) is 158 Å². The number of aromatic nitrogens is 5. The third-order valence-electron chi connectivity index (χ3n) is 14.8. The molecule has 0 aliphatic carbocycles. The number of carbonyl (C=O) groups is 2. The third kappa shape index (κ3) is 13.4. The first-order chi connectivity index (χ1) is 39.9. The second-order valence-corrected chi connectivity index (χ2v) is 20.8. The van der Waals surface area contributed by atoms with Gasteiger partial charge in [-0.05, 0) is 78.7 Å². The highest BCUT2D eigenvalue weighted by atomic mass is 35.5. The van der Waals surface area contributed by atoms with Crippen LogP contribution >= 0.6 is 11.6 Å². The fraction of sp³-hybridized carbons (Fsp3) is 0.417. The van der Waals surface area contributed by atoms with Crippen molar-refractivity contribution in [3.05, 3.63) is 108 Å². The molecular weight excluding hydrogens is 1070 g/mol. The predicted molar refractivity (Wildman–Crippen MR) is 315 cm³/mol. The van der Waals surface area contributed by atoms with Crippen LogP contribution in [-0.2, 0) is 33.2 Å². The van der Waals surface area contributed by atoms with E-state index in [1.165, 1.54) is 12.1 Å². The largest absolute Gasteiger partial charge is 0.508 e. The van der Waals surface area contributed by atoms with Crippen molar-refractivity contribution in [1.29, 1.82) is 0 Å². The fourth-order valence-electron chi connectivity index (χ4n) is 10.4. The Morgan fingerprint density at radius 3 is 2.17 bits per heavy atom. The van der Waals surface area contributed by atoms with Gasteiger partial charge in [0.2, 0.25) is 17.8 Å². The SMILES string of the molecule is C=CC(=O)N1CCN(c2nc(N(C)CCOCCOCCOCCOCCNC(=O)c3cccc(-c4ccc5c(N6CCOC[C@H]6C)nc(N6CCOC[C@H]6C)nc5n4)c3)nc3c(F)c(-c4cc(O)cc5ccccc45)c(Cl)cc23)CC1. The van der Waals surface area contributed by atoms with E-state index in [1.54, 1.807) is 28.0 Å². The van der Waals surface area contributed by atoms with E-state index in [0.29, 0.717) is 171 Å². The smallest absolute Gasteiger partial charge is 0.251 e. The zero-order chi connectivity index (χ0) is 57.1. The van der Waals surface area contributed by atoms with Crippen LogP contribution in [0.25, 0.3) is 55.1 Å². The lowest BCUT2D eigenvalue weighted by molar-refractivity contribution is -0.126. The van der Waals surface area contributed by atoms with Gasteiger partial charge in [-0.15, -0.1) is 0 Å². The minimum atomic E-state index is -0.642. The van der Waals surface area contributed by atoms with Crippen LogP contribution in [0.3, 0.4) is 0 Å². The number of halogens is 2. The predicted octanol–water partition coefficient (Wildman–Crippen LogP) is 7.17. The van der Waals surface area contributed by atoms with Crippen molar-refractivity contribution >= 4 is 79.7 Å². The molecule has 0 unspecified atom stereocenters. The lowest BCUT2D eigenvalue weighted by Gasteiger charge is -2.37. The van der Waals surface area contributed by atoms with E-state index >= 15 is 4.39 Å². The van der Waals surface area contributed by atoms with Gasteiger partial charge in [-0.2, -0.15) is 15.0 Å². The van der Waals surface area contributed by atoms with Gasteiger partial charge in [0, 0.05) is 81.5 Å². The molecule has 22 heteroatoms. The fourth-order valence-corrected chi connectivity index (χ4v) is 10.7. The number of nitrogens with zero attached hydrogens (tertiary/aromatic N) is 10. The number of hydrogen-bond donors (Lipinski definition) is 2. The van der Waals surface area contributed by atoms with Gasteiger partial charge in [0.15, 0.2) is 11.5 Å². The molecule has 82 heavy (non-hydrogen) atoms. The maximum absolute atomic E-state index is 17.1. The summed E-state index contributed by atoms with van der Waals surface area (Å²) in [7, 11) is 1.81. The zero-order valence-electron chi connectivity index (χ0n) is 46.5. The van der Waals surface area contributed by atoms with Crippen LogP contribution in [0.1, 0.15) is 24.2 Å². The summed E-state index contributed by atoms with van der Waals surface area (Å²) in [5.41, 5.74) is 3.22. The number of rotatable bonds is 23. The summed E-state index contributed by atoms with van der Waals surface area (Å²) in [5.74, 6) is 1.20. The number of likely N-dealkylation sites (N-methyl/N-ethyl adjacent to an activating group) is 1. The third-order valence-corrected chi connectivity index (χ3v) is 15.1. The molecule has 3 saturated heterocycles. The number of amides is 2. The Hall–Kier alpha value is -7.37. The Bertz CT molecular complexity index is 3410. The molecule has 20 nitrogen and oxygen atoms in total. The number of nitrogens with one attached hydrogen (secondary N) is 1. The first kappa shape index (κ1) is 57.8. The Kier molecular flexibility index (Phi) is 19.1. The Balaban J connectivity index is 0.651. The normalized spacial score (nSPS) is 16.8. The van der Waals surface area contributed by atoms with E-state index < -0.39 is 5.82 Å². The van der Waals surface area contributed by atoms with Crippen molar-refractivity contribution in [3.63, 3.8) is 0 Å². The topological polar surface area (TPSA) is 202 Å². The molecule has 2 amide bonds. The van der Waals surface area contributed by atoms with E-state index in [1.807, 2.05) is 66.5 Å². The number of phenols is 1. The molecule has 0 bridgehead atoms. The zero-order valence-corrected chi connectivity index (χ0v) is 47.3. The Morgan fingerprint density at radius 2 is 1.45 bits per heavy atom. The standard InChI is InChI=1S/C60H69ClFN11O9/c1-5-51(75)70-16-18-71(19-17-70)56-48-36-49(61)52(47-35-44(74)34-41-9-6-7-12-45(41)47)53(62)54(48)65-59(67-56)69(4)20-24-78-28-30-80-32-31-79-29-27-77-23-15-63-58(76)43-11-8-10-42(33-43)50-14-13-46-55(64-50)66-60(73-22-26-82-38-40(73)3)68-57(46)72-21-25-81-37-39(72)2/h5-14,33-36,39-40,74H,1,15-32,37-38H2,2-4H3,(H,63,76)/t39-,40-/m1/s1. The van der Waals surface area contributed by atoms with Crippen LogP contribution in [0.5, 0.6) is 5.75 Å². The summed E-state index contributed by atoms with van der Waals surface area (Å²) in [6, 6.07) is 23.8. The van der Waals surface area contributed by atoms with E-state index in [9.17, 15) is 14.7 Å². The molecule has 432 valence electrons. The van der Waals surface area contributed by atoms with E-state index in [2.05, 4.69) is 35.5 Å². The quantitative estimate of drug-likeness (QED) is 0.0482. The average Bonchev–Trinajstić information content (AvgIpc) is 3.48. The highest BCUT2D eigenvalue weighted by molar-refractivity contribution is 6.35. The van der Waals surface area contributed by atoms with Gasteiger partial charge in [0.05, 0.1) is 107 Å². The second-order valence-electron chi connectivity index (χ2n) is 20.4. The maximum atomic E-state index is 17.1. The summed E-state index contributed by atoms with van der Waals surface area (Å²) in [6.07, 6.45) is 1.30. The molecule has 6 heterocycles. The minimum Gasteiger partial charge on any atom is -0.508 e. The Morgan fingerprint density at radius 1 is 0.756 bits per heavy atom. The number of fused-ring (bicyclic) bond motifs is 3. The number of carbonyl (C=O) groups excluding carboxylic acids is 2. The first-order valence-electron chi connectivity index (χ1n) is 27.8. The molecule has 3 aromatic heterocycles. The van der Waals surface area contributed by atoms with Gasteiger partial charge in [-0.25, -0.2) is 14.4 Å². The van der Waals surface area contributed by atoms with E-state index in [0.717, 1.165) is 27.5 Å². The van der Waals surface area contributed by atoms with Crippen molar-refractivity contribution in [3.8, 4) is 28.1 Å². The van der Waals surface area contributed by atoms with E-state index in [-0.39, 0.29) is 51.7 Å². The number of hydrogen-bond acceptors (Lipinski definition) is 18. The molecule has 7 aromatic rings. The number of benzene rings is 4. The number of aromatic hydroxyl groups is 1. The molecule has 10 rings (SSSR count). The number of morpholine rings is 2. The summed E-state index contributed by atoms with van der Waals surface area (Å²) < 4.78 is 51.5. The molecule has 2 atom stereocenters. The van der Waals surface area contributed by atoms with Crippen molar-refractivity contribution in [1.82, 2.24) is 35.1 Å². The summed E-state index contributed by atoms with van der Waals surface area (Å²) in [6.45, 7) is 16.9. The Labute approximate surface area is 480 Å². The van der Waals surface area contributed by atoms with Gasteiger partial charge in [0.25, 0.3) is 5.91 Å². The summed E-state index contributed by atoms with van der Waals surface area (Å²) in [5, 5.41) is 16.5. The monoisotopic (exact) mass is 1140 g/mol. The molecule has 0 radical (unpaired) electrons. The van der Waals surface area contributed by atoms with Crippen LogP contribution in [0.15, 0.2) is 91.5 Å². The molecule has 3 fully saturated rings. The van der Waals surface area contributed by atoms with Gasteiger partial charge in [-0.1, -0.05) is 54.6 Å². The van der Waals surface area contributed by atoms with Gasteiger partial charge < -0.3 is 63.3 Å². The molecule has 3 aliphatic rings. The number of piperazine rings is 1.